The largest absolute Gasteiger partial charge is 0.449 e. The lowest BCUT2D eigenvalue weighted by Crippen LogP contribution is -2.12. The van der Waals surface area contributed by atoms with Gasteiger partial charge in [0.25, 0.3) is 11.6 Å². The van der Waals surface area contributed by atoms with Crippen LogP contribution in [0.5, 0.6) is 0 Å². The van der Waals surface area contributed by atoms with E-state index in [0.29, 0.717) is 5.89 Å². The zero-order chi connectivity index (χ0) is 19.6. The van der Waals surface area contributed by atoms with Crippen LogP contribution >= 0.6 is 0 Å². The lowest BCUT2D eigenvalue weighted by molar-refractivity contribution is -0.384. The molecule has 3 rings (SSSR count). The van der Waals surface area contributed by atoms with Gasteiger partial charge in [0.05, 0.1) is 10.5 Å². The first-order valence-corrected chi connectivity index (χ1v) is 8.00. The number of non-ortho nitro benzene ring substituents is 1. The van der Waals surface area contributed by atoms with Crippen LogP contribution in [0.15, 0.2) is 46.9 Å². The van der Waals surface area contributed by atoms with Gasteiger partial charge in [-0.15, -0.1) is 10.2 Å². The highest BCUT2D eigenvalue weighted by molar-refractivity contribution is 5.95. The third-order valence-corrected chi connectivity index (χ3v) is 3.80. The molecule has 0 aliphatic rings. The maximum atomic E-state index is 12.3. The molecule has 1 unspecified atom stereocenters. The topological polar surface area (TPSA) is 134 Å². The summed E-state index contributed by atoms with van der Waals surface area (Å²) in [5, 5.41) is 18.7. The first kappa shape index (κ1) is 18.1. The Bertz CT molecular complexity index is 1010. The van der Waals surface area contributed by atoms with E-state index in [-0.39, 0.29) is 22.8 Å². The van der Waals surface area contributed by atoms with Gasteiger partial charge in [-0.3, -0.25) is 10.1 Å². The summed E-state index contributed by atoms with van der Waals surface area (Å²) < 4.78 is 10.8. The van der Waals surface area contributed by atoms with Gasteiger partial charge in [-0.25, -0.2) is 4.79 Å². The van der Waals surface area contributed by atoms with E-state index in [0.717, 1.165) is 17.2 Å². The standard InChI is InChI=1S/C18H16N4O5/c1-10-4-3-5-12(8-10)17-21-20-16(27-17)11(2)26-18(23)14-9-13(22(24)25)6-7-15(14)19/h3-9,11H,19H2,1-2H3. The molecule has 3 aromatic rings. The van der Waals surface area contributed by atoms with Gasteiger partial charge in [0.15, 0.2) is 6.10 Å². The third-order valence-electron chi connectivity index (χ3n) is 3.80. The van der Waals surface area contributed by atoms with Gasteiger partial charge in [0, 0.05) is 23.4 Å². The molecule has 9 nitrogen and oxygen atoms in total. The third kappa shape index (κ3) is 3.92. The molecule has 0 saturated carbocycles. The Morgan fingerprint density at radius 3 is 2.74 bits per heavy atom. The number of rotatable bonds is 5. The Balaban J connectivity index is 1.78. The summed E-state index contributed by atoms with van der Waals surface area (Å²) >= 11 is 0. The molecular formula is C18H16N4O5. The maximum absolute atomic E-state index is 12.3. The maximum Gasteiger partial charge on any atom is 0.341 e. The Hall–Kier alpha value is -3.75. The van der Waals surface area contributed by atoms with E-state index in [4.69, 9.17) is 14.9 Å². The van der Waals surface area contributed by atoms with Gasteiger partial charge in [-0.2, -0.15) is 0 Å². The summed E-state index contributed by atoms with van der Waals surface area (Å²) in [5.74, 6) is -0.422. The first-order valence-electron chi connectivity index (χ1n) is 8.00. The van der Waals surface area contributed by atoms with Crippen LogP contribution in [0.4, 0.5) is 11.4 Å². The van der Waals surface area contributed by atoms with E-state index in [1.807, 2.05) is 31.2 Å². The molecule has 1 heterocycles. The summed E-state index contributed by atoms with van der Waals surface area (Å²) in [6.07, 6.45) is -0.859. The fourth-order valence-corrected chi connectivity index (χ4v) is 2.40. The van der Waals surface area contributed by atoms with Crippen LogP contribution < -0.4 is 5.73 Å². The number of carbonyl (C=O) groups excluding carboxylic acids is 1. The molecule has 0 saturated heterocycles. The van der Waals surface area contributed by atoms with Crippen molar-refractivity contribution in [1.29, 1.82) is 0 Å². The average molecular weight is 368 g/mol. The molecule has 138 valence electrons. The predicted molar refractivity (Wildman–Crippen MR) is 95.8 cm³/mol. The highest BCUT2D eigenvalue weighted by atomic mass is 16.6. The molecule has 27 heavy (non-hydrogen) atoms. The number of hydrogen-bond acceptors (Lipinski definition) is 8. The van der Waals surface area contributed by atoms with Crippen molar-refractivity contribution in [3.05, 3.63) is 69.6 Å². The van der Waals surface area contributed by atoms with Crippen molar-refractivity contribution in [3.63, 3.8) is 0 Å². The molecule has 0 aliphatic heterocycles. The number of aryl methyl sites for hydroxylation is 1. The summed E-state index contributed by atoms with van der Waals surface area (Å²) in [5.41, 5.74) is 7.21. The van der Waals surface area contributed by atoms with E-state index in [9.17, 15) is 14.9 Å². The van der Waals surface area contributed by atoms with Crippen LogP contribution in [0.1, 0.15) is 34.8 Å². The fourth-order valence-electron chi connectivity index (χ4n) is 2.40. The quantitative estimate of drug-likeness (QED) is 0.313. The molecule has 0 fully saturated rings. The van der Waals surface area contributed by atoms with Crippen LogP contribution in [-0.2, 0) is 4.74 Å². The number of aromatic nitrogens is 2. The minimum Gasteiger partial charge on any atom is -0.449 e. The number of benzene rings is 2. The normalized spacial score (nSPS) is 11.8. The van der Waals surface area contributed by atoms with E-state index >= 15 is 0 Å². The molecule has 0 amide bonds. The van der Waals surface area contributed by atoms with Crippen molar-refractivity contribution in [2.45, 2.75) is 20.0 Å². The highest BCUT2D eigenvalue weighted by Gasteiger charge is 2.23. The second-order valence-corrected chi connectivity index (χ2v) is 5.89. The van der Waals surface area contributed by atoms with Crippen LogP contribution in [-0.4, -0.2) is 21.1 Å². The molecule has 0 radical (unpaired) electrons. The van der Waals surface area contributed by atoms with Gasteiger partial charge < -0.3 is 14.9 Å². The number of carbonyl (C=O) groups is 1. The molecule has 0 spiro atoms. The van der Waals surface area contributed by atoms with Crippen molar-refractivity contribution in [2.75, 3.05) is 5.73 Å². The minimum absolute atomic E-state index is 0.0729. The number of esters is 1. The fraction of sp³-hybridized carbons (Fsp3) is 0.167. The average Bonchev–Trinajstić information content (AvgIpc) is 3.12. The van der Waals surface area contributed by atoms with E-state index in [2.05, 4.69) is 10.2 Å². The molecule has 2 aromatic carbocycles. The van der Waals surface area contributed by atoms with E-state index in [1.54, 1.807) is 6.92 Å². The van der Waals surface area contributed by atoms with Gasteiger partial charge in [0.2, 0.25) is 5.89 Å². The number of nitrogens with two attached hydrogens (primary N) is 1. The number of nitrogen functional groups attached to an aromatic ring is 1. The summed E-state index contributed by atoms with van der Waals surface area (Å²) in [7, 11) is 0. The van der Waals surface area contributed by atoms with E-state index < -0.39 is 17.0 Å². The molecule has 1 atom stereocenters. The van der Waals surface area contributed by atoms with Gasteiger partial charge in [-0.1, -0.05) is 17.7 Å². The number of hydrogen-bond donors (Lipinski definition) is 1. The second kappa shape index (κ2) is 7.24. The van der Waals surface area contributed by atoms with Crippen LogP contribution in [0.3, 0.4) is 0 Å². The van der Waals surface area contributed by atoms with Crippen molar-refractivity contribution >= 4 is 17.3 Å². The number of nitro groups is 1. The van der Waals surface area contributed by atoms with Gasteiger partial charge >= 0.3 is 5.97 Å². The van der Waals surface area contributed by atoms with Gasteiger partial charge in [0.1, 0.15) is 0 Å². The highest BCUT2D eigenvalue weighted by Crippen LogP contribution is 2.26. The number of ether oxygens (including phenoxy) is 1. The molecule has 9 heteroatoms. The van der Waals surface area contributed by atoms with E-state index in [1.165, 1.54) is 12.1 Å². The lowest BCUT2D eigenvalue weighted by Gasteiger charge is -2.10. The Labute approximate surface area is 153 Å². The van der Waals surface area contributed by atoms with Crippen LogP contribution in [0.2, 0.25) is 0 Å². The molecule has 2 N–H and O–H groups in total. The van der Waals surface area contributed by atoms with Crippen LogP contribution in [0, 0.1) is 17.0 Å². The molecule has 1 aromatic heterocycles. The summed E-state index contributed by atoms with van der Waals surface area (Å²) in [4.78, 5) is 22.6. The van der Waals surface area contributed by atoms with Gasteiger partial charge in [-0.05, 0) is 32.0 Å². The zero-order valence-electron chi connectivity index (χ0n) is 14.6. The summed E-state index contributed by atoms with van der Waals surface area (Å²) in [6.45, 7) is 3.49. The van der Waals surface area contributed by atoms with Crippen molar-refractivity contribution in [1.82, 2.24) is 10.2 Å². The minimum atomic E-state index is -0.859. The molecule has 0 bridgehead atoms. The first-order chi connectivity index (χ1) is 12.8. The SMILES string of the molecule is Cc1cccc(-c2nnc(C(C)OC(=O)c3cc([N+](=O)[O-])ccc3N)o2)c1. The Morgan fingerprint density at radius 2 is 2.04 bits per heavy atom. The second-order valence-electron chi connectivity index (χ2n) is 5.89. The molecule has 0 aliphatic carbocycles. The van der Waals surface area contributed by atoms with Crippen molar-refractivity contribution in [2.24, 2.45) is 0 Å². The monoisotopic (exact) mass is 368 g/mol. The number of nitrogens with zero attached hydrogens (tertiary/aromatic N) is 3. The number of anilines is 1. The lowest BCUT2D eigenvalue weighted by atomic mass is 10.1. The number of nitro benzene ring substituents is 1. The van der Waals surface area contributed by atoms with Crippen LogP contribution in [0.25, 0.3) is 11.5 Å². The summed E-state index contributed by atoms with van der Waals surface area (Å²) in [6, 6.07) is 11.1. The molecular weight excluding hydrogens is 352 g/mol. The Kier molecular flexibility index (Phi) is 4.84. The Morgan fingerprint density at radius 1 is 1.26 bits per heavy atom. The smallest absolute Gasteiger partial charge is 0.341 e. The predicted octanol–water partition coefficient (Wildman–Crippen LogP) is 3.45. The van der Waals surface area contributed by atoms with Crippen molar-refractivity contribution < 1.29 is 18.9 Å². The zero-order valence-corrected chi connectivity index (χ0v) is 14.6. The van der Waals surface area contributed by atoms with Crippen molar-refractivity contribution in [3.8, 4) is 11.5 Å².